The Morgan fingerprint density at radius 1 is 1.20 bits per heavy atom. The number of aromatic nitrogens is 2. The van der Waals surface area contributed by atoms with Gasteiger partial charge in [-0.15, -0.1) is 0 Å². The molecule has 3 aromatic rings. The summed E-state index contributed by atoms with van der Waals surface area (Å²) in [5.74, 6) is -0.0166. The average Bonchev–Trinajstić information content (AvgIpc) is 3.44. The molecule has 1 amide bonds. The van der Waals surface area contributed by atoms with Crippen molar-refractivity contribution in [2.45, 2.75) is 43.9 Å². The summed E-state index contributed by atoms with van der Waals surface area (Å²) in [7, 11) is 0. The van der Waals surface area contributed by atoms with E-state index >= 15 is 0 Å². The van der Waals surface area contributed by atoms with E-state index in [9.17, 15) is 18.0 Å². The third-order valence-corrected chi connectivity index (χ3v) is 5.67. The van der Waals surface area contributed by atoms with E-state index in [1.165, 1.54) is 23.5 Å². The number of aryl methyl sites for hydroxylation is 2. The third-order valence-electron chi connectivity index (χ3n) is 5.67. The van der Waals surface area contributed by atoms with Gasteiger partial charge in [0.2, 0.25) is 0 Å². The maximum absolute atomic E-state index is 13.7. The number of fused-ring (bicyclic) bond motifs is 2. The zero-order valence-electron chi connectivity index (χ0n) is 15.9. The number of alkyl halides is 3. The molecule has 2 atom stereocenters. The summed E-state index contributed by atoms with van der Waals surface area (Å²) in [5, 5.41) is 9.72. The second-order valence-electron chi connectivity index (χ2n) is 7.66. The Morgan fingerprint density at radius 2 is 2.03 bits per heavy atom. The number of rotatable bonds is 3. The predicted octanol–water partition coefficient (Wildman–Crippen LogP) is 4.88. The van der Waals surface area contributed by atoms with Crippen molar-refractivity contribution in [1.82, 2.24) is 9.78 Å². The lowest BCUT2D eigenvalue weighted by molar-refractivity contribution is -0.174. The average molecular weight is 416 g/mol. The molecule has 0 fully saturated rings. The maximum Gasteiger partial charge on any atom is 0.410 e. The number of nitrogens with one attached hydrogen (secondary N) is 2. The number of nitrogens with zero attached hydrogens (tertiary/aromatic N) is 2. The first kappa shape index (κ1) is 18.8. The summed E-state index contributed by atoms with van der Waals surface area (Å²) >= 11 is 0. The molecule has 1 aliphatic carbocycles. The Hall–Kier alpha value is -3.23. The third kappa shape index (κ3) is 3.34. The molecule has 1 aromatic carbocycles. The Bertz CT molecular complexity index is 1090. The van der Waals surface area contributed by atoms with Gasteiger partial charge >= 0.3 is 6.18 Å². The van der Waals surface area contributed by atoms with E-state index in [2.05, 4.69) is 15.7 Å². The monoisotopic (exact) mass is 416 g/mol. The Labute approximate surface area is 170 Å². The van der Waals surface area contributed by atoms with Crippen LogP contribution >= 0.6 is 0 Å². The molecule has 3 heterocycles. The molecule has 1 aliphatic heterocycles. The molecule has 2 aliphatic rings. The van der Waals surface area contributed by atoms with Gasteiger partial charge in [0.1, 0.15) is 11.6 Å². The molecule has 30 heavy (non-hydrogen) atoms. The molecule has 156 valence electrons. The zero-order valence-corrected chi connectivity index (χ0v) is 15.9. The van der Waals surface area contributed by atoms with Gasteiger partial charge < -0.3 is 15.1 Å². The van der Waals surface area contributed by atoms with Crippen LogP contribution in [-0.2, 0) is 12.8 Å². The molecule has 0 unspecified atom stereocenters. The quantitative estimate of drug-likeness (QED) is 0.639. The molecule has 0 bridgehead atoms. The first-order chi connectivity index (χ1) is 14.4. The van der Waals surface area contributed by atoms with Crippen molar-refractivity contribution in [3.05, 3.63) is 65.2 Å². The van der Waals surface area contributed by atoms with E-state index in [0.29, 0.717) is 11.4 Å². The molecular weight excluding hydrogens is 397 g/mol. The number of halogens is 3. The van der Waals surface area contributed by atoms with Crippen LogP contribution in [0.2, 0.25) is 0 Å². The fraction of sp³-hybridized carbons (Fsp3) is 0.333. The molecule has 0 saturated heterocycles. The minimum absolute atomic E-state index is 0.0765. The summed E-state index contributed by atoms with van der Waals surface area (Å²) in [4.78, 5) is 12.7. The summed E-state index contributed by atoms with van der Waals surface area (Å²) in [5.41, 5.74) is 3.00. The molecule has 0 spiro atoms. The maximum atomic E-state index is 13.7. The summed E-state index contributed by atoms with van der Waals surface area (Å²) < 4.78 is 47.2. The minimum Gasteiger partial charge on any atom is -0.467 e. The van der Waals surface area contributed by atoms with Gasteiger partial charge in [0.05, 0.1) is 12.3 Å². The van der Waals surface area contributed by atoms with Crippen LogP contribution in [-0.4, -0.2) is 21.9 Å². The van der Waals surface area contributed by atoms with Crippen molar-refractivity contribution < 1.29 is 22.4 Å². The van der Waals surface area contributed by atoms with Crippen LogP contribution in [0.1, 0.15) is 52.3 Å². The highest BCUT2D eigenvalue weighted by molar-refractivity contribution is 6.03. The van der Waals surface area contributed by atoms with Gasteiger partial charge in [-0.1, -0.05) is 6.07 Å². The van der Waals surface area contributed by atoms with Crippen LogP contribution < -0.4 is 10.6 Å². The summed E-state index contributed by atoms with van der Waals surface area (Å²) in [6.07, 6.45) is -0.302. The van der Waals surface area contributed by atoms with Gasteiger partial charge in [0, 0.05) is 18.2 Å². The van der Waals surface area contributed by atoms with Crippen LogP contribution in [0.15, 0.2) is 47.1 Å². The first-order valence-electron chi connectivity index (χ1n) is 9.78. The van der Waals surface area contributed by atoms with Crippen molar-refractivity contribution in [2.24, 2.45) is 0 Å². The highest BCUT2D eigenvalue weighted by Crippen LogP contribution is 2.43. The fourth-order valence-corrected chi connectivity index (χ4v) is 4.21. The number of benzene rings is 1. The van der Waals surface area contributed by atoms with E-state index in [-0.39, 0.29) is 17.9 Å². The van der Waals surface area contributed by atoms with Crippen molar-refractivity contribution >= 4 is 17.4 Å². The zero-order chi connectivity index (χ0) is 20.9. The smallest absolute Gasteiger partial charge is 0.410 e. The van der Waals surface area contributed by atoms with Crippen molar-refractivity contribution in [2.75, 3.05) is 10.6 Å². The minimum atomic E-state index is -4.51. The van der Waals surface area contributed by atoms with Crippen LogP contribution in [0.5, 0.6) is 0 Å². The standard InChI is InChI=1S/C21H19F3N4O2/c22-21(23,24)18-10-15(17-5-2-8-30-17)26-19-11-16(27-28(18)19)20(29)25-14-7-6-12-3-1-4-13(12)9-14/h2,5-9,11,15,18,26H,1,3-4,10H2,(H,25,29)/t15-,18+/m0/s1. The van der Waals surface area contributed by atoms with E-state index < -0.39 is 24.2 Å². The van der Waals surface area contributed by atoms with Gasteiger partial charge in [0.25, 0.3) is 5.91 Å². The topological polar surface area (TPSA) is 72.1 Å². The van der Waals surface area contributed by atoms with Crippen LogP contribution in [0.3, 0.4) is 0 Å². The first-order valence-corrected chi connectivity index (χ1v) is 9.78. The molecule has 6 nitrogen and oxygen atoms in total. The number of anilines is 2. The number of furan rings is 1. The summed E-state index contributed by atoms with van der Waals surface area (Å²) in [6.45, 7) is 0. The van der Waals surface area contributed by atoms with Gasteiger partial charge in [-0.25, -0.2) is 4.68 Å². The molecule has 2 N–H and O–H groups in total. The SMILES string of the molecule is O=C(Nc1ccc2c(c1)CCC2)c1cc2n(n1)[C@@H](C(F)(F)F)C[C@@H](c1ccco1)N2. The van der Waals surface area contributed by atoms with E-state index in [1.807, 2.05) is 18.2 Å². The van der Waals surface area contributed by atoms with Crippen molar-refractivity contribution in [3.8, 4) is 0 Å². The normalized spacial score (nSPS) is 20.4. The lowest BCUT2D eigenvalue weighted by Crippen LogP contribution is -2.35. The number of amides is 1. The Kier molecular flexibility index (Phi) is 4.34. The Morgan fingerprint density at radius 3 is 2.80 bits per heavy atom. The van der Waals surface area contributed by atoms with Crippen LogP contribution in [0.25, 0.3) is 0 Å². The van der Waals surface area contributed by atoms with Gasteiger partial charge in [-0.2, -0.15) is 18.3 Å². The summed E-state index contributed by atoms with van der Waals surface area (Å²) in [6, 6.07) is 7.78. The number of hydrogen-bond acceptors (Lipinski definition) is 4. The second-order valence-corrected chi connectivity index (χ2v) is 7.66. The molecule has 9 heteroatoms. The van der Waals surface area contributed by atoms with Crippen LogP contribution in [0, 0.1) is 0 Å². The highest BCUT2D eigenvalue weighted by atomic mass is 19.4. The molecular formula is C21H19F3N4O2. The second kappa shape index (κ2) is 6.93. The van der Waals surface area contributed by atoms with Crippen molar-refractivity contribution in [3.63, 3.8) is 0 Å². The molecule has 5 rings (SSSR count). The lowest BCUT2D eigenvalue weighted by atomic mass is 10.0. The fourth-order valence-electron chi connectivity index (χ4n) is 4.21. The number of carbonyl (C=O) groups is 1. The van der Waals surface area contributed by atoms with Crippen molar-refractivity contribution in [1.29, 1.82) is 0 Å². The number of hydrogen-bond donors (Lipinski definition) is 2. The predicted molar refractivity (Wildman–Crippen MR) is 103 cm³/mol. The van der Waals surface area contributed by atoms with Gasteiger partial charge in [-0.3, -0.25) is 4.79 Å². The van der Waals surface area contributed by atoms with E-state index in [0.717, 1.165) is 23.9 Å². The number of carbonyl (C=O) groups excluding carboxylic acids is 1. The van der Waals surface area contributed by atoms with E-state index in [1.54, 1.807) is 12.1 Å². The molecule has 0 radical (unpaired) electrons. The molecule has 0 saturated carbocycles. The van der Waals surface area contributed by atoms with Gasteiger partial charge in [-0.05, 0) is 54.7 Å². The van der Waals surface area contributed by atoms with Gasteiger partial charge in [0.15, 0.2) is 11.7 Å². The highest BCUT2D eigenvalue weighted by Gasteiger charge is 2.47. The molecule has 2 aromatic heterocycles. The van der Waals surface area contributed by atoms with E-state index in [4.69, 9.17) is 4.42 Å². The largest absolute Gasteiger partial charge is 0.467 e. The van der Waals surface area contributed by atoms with Crippen LogP contribution in [0.4, 0.5) is 24.7 Å². The Balaban J connectivity index is 1.42. The lowest BCUT2D eigenvalue weighted by Gasteiger charge is -2.32.